The molecule has 4 rings (SSSR count). The van der Waals surface area contributed by atoms with E-state index < -0.39 is 5.97 Å². The van der Waals surface area contributed by atoms with Crippen molar-refractivity contribution in [1.29, 1.82) is 0 Å². The molecular weight excluding hydrogens is 354 g/mol. The predicted molar refractivity (Wildman–Crippen MR) is 105 cm³/mol. The highest BCUT2D eigenvalue weighted by Crippen LogP contribution is 2.24. The third-order valence-corrected chi connectivity index (χ3v) is 4.14. The van der Waals surface area contributed by atoms with Crippen LogP contribution in [0.4, 0.5) is 5.82 Å². The Labute approximate surface area is 161 Å². The Kier molecular flexibility index (Phi) is 4.79. The average molecular weight is 371 g/mol. The van der Waals surface area contributed by atoms with Crippen molar-refractivity contribution in [3.8, 4) is 16.9 Å². The van der Waals surface area contributed by atoms with Gasteiger partial charge in [0.1, 0.15) is 6.61 Å². The fraction of sp³-hybridized carbons (Fsp3) is 0.0476. The van der Waals surface area contributed by atoms with Crippen LogP contribution in [0.15, 0.2) is 79.3 Å². The Morgan fingerprint density at radius 1 is 0.964 bits per heavy atom. The molecule has 0 amide bonds. The molecule has 2 heterocycles. The first kappa shape index (κ1) is 17.4. The van der Waals surface area contributed by atoms with Crippen LogP contribution in [0.1, 0.15) is 16.1 Å². The number of hydrogen-bond acceptors (Lipinski definition) is 6. The van der Waals surface area contributed by atoms with E-state index in [4.69, 9.17) is 15.6 Å². The van der Waals surface area contributed by atoms with Gasteiger partial charge in [-0.1, -0.05) is 48.5 Å². The number of ether oxygens (including phenoxy) is 1. The molecule has 2 aromatic carbocycles. The van der Waals surface area contributed by atoms with Crippen LogP contribution in [0, 0.1) is 0 Å². The van der Waals surface area contributed by atoms with Crippen molar-refractivity contribution in [3.63, 3.8) is 0 Å². The quantitative estimate of drug-likeness (QED) is 0.541. The monoisotopic (exact) mass is 371 g/mol. The Morgan fingerprint density at radius 2 is 1.64 bits per heavy atom. The van der Waals surface area contributed by atoms with Gasteiger partial charge in [-0.15, -0.1) is 0 Å². The van der Waals surface area contributed by atoms with Crippen molar-refractivity contribution in [2.75, 3.05) is 5.73 Å². The second-order valence-corrected chi connectivity index (χ2v) is 6.02. The van der Waals surface area contributed by atoms with Crippen molar-refractivity contribution in [2.45, 2.75) is 6.61 Å². The van der Waals surface area contributed by atoms with E-state index >= 15 is 0 Å². The molecule has 0 aliphatic heterocycles. The SMILES string of the molecule is Nc1nccnc1C(=O)OCc1cn(-c2ccccc2)nc1-c1ccccc1. The summed E-state index contributed by atoms with van der Waals surface area (Å²) < 4.78 is 7.20. The highest BCUT2D eigenvalue weighted by molar-refractivity contribution is 5.91. The smallest absolute Gasteiger partial charge is 0.361 e. The number of nitrogens with two attached hydrogens (primary N) is 1. The lowest BCUT2D eigenvalue weighted by molar-refractivity contribution is 0.0467. The molecule has 2 N–H and O–H groups in total. The number of nitrogens with zero attached hydrogens (tertiary/aromatic N) is 4. The summed E-state index contributed by atoms with van der Waals surface area (Å²) in [7, 11) is 0. The van der Waals surface area contributed by atoms with E-state index in [1.165, 1.54) is 12.4 Å². The van der Waals surface area contributed by atoms with Crippen LogP contribution < -0.4 is 5.73 Å². The predicted octanol–water partition coefficient (Wildman–Crippen LogP) is 3.27. The van der Waals surface area contributed by atoms with Gasteiger partial charge < -0.3 is 10.5 Å². The summed E-state index contributed by atoms with van der Waals surface area (Å²) in [5, 5.41) is 4.69. The maximum atomic E-state index is 12.3. The number of hydrogen-bond donors (Lipinski definition) is 1. The number of anilines is 1. The maximum absolute atomic E-state index is 12.3. The number of aromatic nitrogens is 4. The molecule has 7 nitrogen and oxygen atoms in total. The van der Waals surface area contributed by atoms with Crippen LogP contribution >= 0.6 is 0 Å². The molecule has 0 spiro atoms. The van der Waals surface area contributed by atoms with E-state index in [-0.39, 0.29) is 18.1 Å². The van der Waals surface area contributed by atoms with Gasteiger partial charge in [-0.3, -0.25) is 0 Å². The van der Waals surface area contributed by atoms with Crippen LogP contribution in [0.3, 0.4) is 0 Å². The van der Waals surface area contributed by atoms with E-state index in [0.29, 0.717) is 0 Å². The van der Waals surface area contributed by atoms with Gasteiger partial charge in [0.15, 0.2) is 11.5 Å². The lowest BCUT2D eigenvalue weighted by atomic mass is 10.1. The first-order valence-electron chi connectivity index (χ1n) is 8.65. The fourth-order valence-corrected chi connectivity index (χ4v) is 2.79. The maximum Gasteiger partial charge on any atom is 0.361 e. The van der Waals surface area contributed by atoms with Gasteiger partial charge in [0.05, 0.1) is 11.4 Å². The summed E-state index contributed by atoms with van der Waals surface area (Å²) >= 11 is 0. The van der Waals surface area contributed by atoms with Crippen LogP contribution in [-0.2, 0) is 11.3 Å². The number of rotatable bonds is 5. The third-order valence-electron chi connectivity index (χ3n) is 4.14. The summed E-state index contributed by atoms with van der Waals surface area (Å²) in [5.74, 6) is -0.590. The number of esters is 1. The van der Waals surface area contributed by atoms with Gasteiger partial charge in [-0.05, 0) is 12.1 Å². The molecule has 0 unspecified atom stereocenters. The molecule has 138 valence electrons. The minimum Gasteiger partial charge on any atom is -0.456 e. The van der Waals surface area contributed by atoms with Crippen molar-refractivity contribution < 1.29 is 9.53 Å². The summed E-state index contributed by atoms with van der Waals surface area (Å²) in [6, 6.07) is 19.5. The van der Waals surface area contributed by atoms with Crippen LogP contribution in [0.5, 0.6) is 0 Å². The zero-order chi connectivity index (χ0) is 19.3. The minimum atomic E-state index is -0.628. The van der Waals surface area contributed by atoms with E-state index in [1.54, 1.807) is 4.68 Å². The Morgan fingerprint density at radius 3 is 2.36 bits per heavy atom. The van der Waals surface area contributed by atoms with Gasteiger partial charge in [-0.25, -0.2) is 19.4 Å². The lowest BCUT2D eigenvalue weighted by Gasteiger charge is -2.06. The third kappa shape index (κ3) is 3.59. The Balaban J connectivity index is 1.64. The van der Waals surface area contributed by atoms with E-state index in [2.05, 4.69) is 9.97 Å². The van der Waals surface area contributed by atoms with Gasteiger partial charge >= 0.3 is 5.97 Å². The highest BCUT2D eigenvalue weighted by atomic mass is 16.5. The normalized spacial score (nSPS) is 10.6. The molecular formula is C21H17N5O2. The molecule has 4 aromatic rings. The van der Waals surface area contributed by atoms with E-state index in [1.807, 2.05) is 66.9 Å². The first-order chi connectivity index (χ1) is 13.7. The zero-order valence-electron chi connectivity index (χ0n) is 14.9. The molecule has 0 saturated carbocycles. The Bertz CT molecular complexity index is 1090. The molecule has 0 aliphatic rings. The minimum absolute atomic E-state index is 0.000729. The molecule has 0 aliphatic carbocycles. The Hall–Kier alpha value is -4.00. The van der Waals surface area contributed by atoms with Crippen LogP contribution in [0.2, 0.25) is 0 Å². The van der Waals surface area contributed by atoms with E-state index in [9.17, 15) is 4.79 Å². The fourth-order valence-electron chi connectivity index (χ4n) is 2.79. The second kappa shape index (κ2) is 7.71. The number of benzene rings is 2. The van der Waals surface area contributed by atoms with Crippen LogP contribution in [0.25, 0.3) is 16.9 Å². The number of para-hydroxylation sites is 1. The van der Waals surface area contributed by atoms with E-state index in [0.717, 1.165) is 22.5 Å². The topological polar surface area (TPSA) is 95.9 Å². The first-order valence-corrected chi connectivity index (χ1v) is 8.65. The number of carbonyl (C=O) groups is 1. The summed E-state index contributed by atoms with van der Waals surface area (Å²) in [4.78, 5) is 20.1. The van der Waals surface area contributed by atoms with Crippen LogP contribution in [-0.4, -0.2) is 25.7 Å². The standard InChI is InChI=1S/C21H17N5O2/c22-20-19(23-11-12-24-20)21(27)28-14-16-13-26(17-9-5-2-6-10-17)25-18(16)15-7-3-1-4-8-15/h1-13H,14H2,(H2,22,24). The van der Waals surface area contributed by atoms with Gasteiger partial charge in [0.25, 0.3) is 0 Å². The average Bonchev–Trinajstić information content (AvgIpc) is 3.18. The molecule has 0 bridgehead atoms. The molecule has 7 heteroatoms. The van der Waals surface area contributed by atoms with Crippen molar-refractivity contribution in [1.82, 2.24) is 19.7 Å². The second-order valence-electron chi connectivity index (χ2n) is 6.02. The summed E-state index contributed by atoms with van der Waals surface area (Å²) in [6.07, 6.45) is 4.67. The zero-order valence-corrected chi connectivity index (χ0v) is 14.9. The molecule has 28 heavy (non-hydrogen) atoms. The molecule has 0 fully saturated rings. The molecule has 0 atom stereocenters. The molecule has 2 aromatic heterocycles. The lowest BCUT2D eigenvalue weighted by Crippen LogP contribution is -2.11. The van der Waals surface area contributed by atoms with Gasteiger partial charge in [0, 0.05) is 29.7 Å². The number of carbonyl (C=O) groups excluding carboxylic acids is 1. The van der Waals surface area contributed by atoms with Crippen molar-refractivity contribution >= 4 is 11.8 Å². The molecule has 0 saturated heterocycles. The summed E-state index contributed by atoms with van der Waals surface area (Å²) in [5.41, 5.74) is 9.05. The van der Waals surface area contributed by atoms with Gasteiger partial charge in [-0.2, -0.15) is 5.10 Å². The summed E-state index contributed by atoms with van der Waals surface area (Å²) in [6.45, 7) is 0.0336. The van der Waals surface area contributed by atoms with Crippen molar-refractivity contribution in [3.05, 3.63) is 90.5 Å². The van der Waals surface area contributed by atoms with Crippen molar-refractivity contribution in [2.24, 2.45) is 0 Å². The highest BCUT2D eigenvalue weighted by Gasteiger charge is 2.17. The molecule has 0 radical (unpaired) electrons. The number of nitrogen functional groups attached to an aromatic ring is 1. The largest absolute Gasteiger partial charge is 0.456 e. The van der Waals surface area contributed by atoms with Gasteiger partial charge in [0.2, 0.25) is 0 Å².